The molecule has 0 radical (unpaired) electrons. The van der Waals surface area contributed by atoms with Gasteiger partial charge in [-0.15, -0.1) is 0 Å². The van der Waals surface area contributed by atoms with Crippen LogP contribution in [0, 0.1) is 0 Å². The van der Waals surface area contributed by atoms with Gasteiger partial charge in [-0.05, 0) is 24.3 Å². The van der Waals surface area contributed by atoms with Crippen LogP contribution in [0.1, 0.15) is 0 Å². The van der Waals surface area contributed by atoms with Crippen LogP contribution in [0.2, 0.25) is 0 Å². The van der Waals surface area contributed by atoms with Crippen LogP contribution in [-0.2, 0) is 16.4 Å². The van der Waals surface area contributed by atoms with Crippen LogP contribution < -0.4 is 10.5 Å². The SMILES string of the molecule is CS(=O)(=O)c1cccc(OCCn2ccc(N)n2)c1. The third-order valence-corrected chi connectivity index (χ3v) is 3.59. The molecule has 0 unspecified atom stereocenters. The van der Waals surface area contributed by atoms with Gasteiger partial charge in [0.05, 0.1) is 11.4 Å². The lowest BCUT2D eigenvalue weighted by molar-refractivity contribution is 0.291. The van der Waals surface area contributed by atoms with Gasteiger partial charge in [0.25, 0.3) is 0 Å². The van der Waals surface area contributed by atoms with E-state index in [-0.39, 0.29) is 4.90 Å². The Balaban J connectivity index is 1.96. The maximum atomic E-state index is 11.4. The number of nitrogens with zero attached hydrogens (tertiary/aromatic N) is 2. The summed E-state index contributed by atoms with van der Waals surface area (Å²) in [4.78, 5) is 0.244. The monoisotopic (exact) mass is 281 g/mol. The standard InChI is InChI=1S/C12H15N3O3S/c1-19(16,17)11-4-2-3-10(9-11)18-8-7-15-6-5-12(13)14-15/h2-6,9H,7-8H2,1H3,(H2,13,14). The van der Waals surface area contributed by atoms with Crippen LogP contribution in [0.25, 0.3) is 0 Å². The second kappa shape index (κ2) is 5.31. The highest BCUT2D eigenvalue weighted by atomic mass is 32.2. The topological polar surface area (TPSA) is 87.2 Å². The summed E-state index contributed by atoms with van der Waals surface area (Å²) in [5, 5.41) is 4.02. The highest BCUT2D eigenvalue weighted by Crippen LogP contribution is 2.17. The number of hydrogen-bond acceptors (Lipinski definition) is 5. The fraction of sp³-hybridized carbons (Fsp3) is 0.250. The van der Waals surface area contributed by atoms with Crippen molar-refractivity contribution in [3.05, 3.63) is 36.5 Å². The first kappa shape index (κ1) is 13.4. The third kappa shape index (κ3) is 3.72. The predicted octanol–water partition coefficient (Wildman–Crippen LogP) is 0.948. The Morgan fingerprint density at radius 3 is 2.79 bits per heavy atom. The van der Waals surface area contributed by atoms with Crippen molar-refractivity contribution in [1.29, 1.82) is 0 Å². The zero-order chi connectivity index (χ0) is 13.9. The first-order chi connectivity index (χ1) is 8.95. The summed E-state index contributed by atoms with van der Waals surface area (Å²) in [6, 6.07) is 8.11. The normalized spacial score (nSPS) is 11.4. The Labute approximate surface area is 111 Å². The molecular formula is C12H15N3O3S. The smallest absolute Gasteiger partial charge is 0.175 e. The molecule has 102 valence electrons. The second-order valence-electron chi connectivity index (χ2n) is 4.10. The molecule has 1 heterocycles. The van der Waals surface area contributed by atoms with Crippen molar-refractivity contribution < 1.29 is 13.2 Å². The van der Waals surface area contributed by atoms with Gasteiger partial charge in [0, 0.05) is 12.5 Å². The molecule has 0 bridgehead atoms. The van der Waals surface area contributed by atoms with Crippen LogP contribution in [0.4, 0.5) is 5.82 Å². The number of rotatable bonds is 5. The lowest BCUT2D eigenvalue weighted by Gasteiger charge is -2.07. The molecule has 2 aromatic rings. The van der Waals surface area contributed by atoms with Gasteiger partial charge in [0.1, 0.15) is 18.2 Å². The van der Waals surface area contributed by atoms with Crippen LogP contribution in [0.3, 0.4) is 0 Å². The summed E-state index contributed by atoms with van der Waals surface area (Å²) in [7, 11) is -3.21. The van der Waals surface area contributed by atoms with Gasteiger partial charge in [-0.25, -0.2) is 8.42 Å². The summed E-state index contributed by atoms with van der Waals surface area (Å²) in [6.45, 7) is 0.925. The quantitative estimate of drug-likeness (QED) is 0.881. The van der Waals surface area contributed by atoms with E-state index in [1.165, 1.54) is 18.4 Å². The molecule has 0 amide bonds. The Kier molecular flexibility index (Phi) is 3.75. The number of sulfone groups is 1. The average Bonchev–Trinajstić information content (AvgIpc) is 2.74. The fourth-order valence-electron chi connectivity index (χ4n) is 1.55. The summed E-state index contributed by atoms with van der Waals surface area (Å²) >= 11 is 0. The molecule has 0 atom stereocenters. The van der Waals surface area contributed by atoms with Crippen molar-refractivity contribution in [2.45, 2.75) is 11.4 Å². The molecule has 6 nitrogen and oxygen atoms in total. The fourth-order valence-corrected chi connectivity index (χ4v) is 2.21. The highest BCUT2D eigenvalue weighted by Gasteiger charge is 2.07. The Morgan fingerprint density at radius 2 is 2.16 bits per heavy atom. The molecule has 1 aromatic heterocycles. The summed E-state index contributed by atoms with van der Waals surface area (Å²) in [6.07, 6.45) is 2.92. The number of ether oxygens (including phenoxy) is 1. The molecule has 19 heavy (non-hydrogen) atoms. The van der Waals surface area contributed by atoms with Crippen molar-refractivity contribution in [2.75, 3.05) is 18.6 Å². The van der Waals surface area contributed by atoms with E-state index in [4.69, 9.17) is 10.5 Å². The largest absolute Gasteiger partial charge is 0.492 e. The number of anilines is 1. The van der Waals surface area contributed by atoms with E-state index < -0.39 is 9.84 Å². The van der Waals surface area contributed by atoms with Crippen molar-refractivity contribution in [1.82, 2.24) is 9.78 Å². The molecule has 0 saturated carbocycles. The van der Waals surface area contributed by atoms with Crippen LogP contribution in [0.15, 0.2) is 41.4 Å². The minimum absolute atomic E-state index is 0.244. The zero-order valence-electron chi connectivity index (χ0n) is 10.5. The predicted molar refractivity (Wildman–Crippen MR) is 71.7 cm³/mol. The third-order valence-electron chi connectivity index (χ3n) is 2.48. The van der Waals surface area contributed by atoms with E-state index in [2.05, 4.69) is 5.10 Å². The molecule has 1 aromatic carbocycles. The van der Waals surface area contributed by atoms with Gasteiger partial charge in [-0.3, -0.25) is 4.68 Å². The highest BCUT2D eigenvalue weighted by molar-refractivity contribution is 7.90. The van der Waals surface area contributed by atoms with E-state index in [1.54, 1.807) is 29.1 Å². The molecule has 2 N–H and O–H groups in total. The molecule has 2 rings (SSSR count). The number of nitrogen functional groups attached to an aromatic ring is 1. The lowest BCUT2D eigenvalue weighted by atomic mass is 10.3. The Bertz CT molecular complexity index is 664. The average molecular weight is 281 g/mol. The van der Waals surface area contributed by atoms with Crippen molar-refractivity contribution in [3.63, 3.8) is 0 Å². The maximum absolute atomic E-state index is 11.4. The summed E-state index contributed by atoms with van der Waals surface area (Å²) in [5.74, 6) is 0.974. The van der Waals surface area contributed by atoms with Crippen LogP contribution in [0.5, 0.6) is 5.75 Å². The molecule has 0 spiro atoms. The number of hydrogen-bond donors (Lipinski definition) is 1. The van der Waals surface area contributed by atoms with E-state index in [9.17, 15) is 8.42 Å². The molecule has 0 aliphatic carbocycles. The molecule has 0 aliphatic heterocycles. The first-order valence-corrected chi connectivity index (χ1v) is 7.56. The molecule has 0 saturated heterocycles. The number of aromatic nitrogens is 2. The Morgan fingerprint density at radius 1 is 1.37 bits per heavy atom. The molecular weight excluding hydrogens is 266 g/mol. The van der Waals surface area contributed by atoms with Gasteiger partial charge in [0.15, 0.2) is 9.84 Å². The van der Waals surface area contributed by atoms with Gasteiger partial charge in [-0.2, -0.15) is 5.10 Å². The molecule has 7 heteroatoms. The van der Waals surface area contributed by atoms with E-state index in [1.807, 2.05) is 0 Å². The molecule has 0 fully saturated rings. The van der Waals surface area contributed by atoms with Crippen molar-refractivity contribution in [2.24, 2.45) is 0 Å². The van der Waals surface area contributed by atoms with E-state index in [0.29, 0.717) is 24.7 Å². The van der Waals surface area contributed by atoms with E-state index >= 15 is 0 Å². The lowest BCUT2D eigenvalue weighted by Crippen LogP contribution is -2.09. The van der Waals surface area contributed by atoms with Gasteiger partial charge in [0.2, 0.25) is 0 Å². The zero-order valence-corrected chi connectivity index (χ0v) is 11.3. The van der Waals surface area contributed by atoms with Crippen molar-refractivity contribution in [3.8, 4) is 5.75 Å². The number of nitrogens with two attached hydrogens (primary N) is 1. The van der Waals surface area contributed by atoms with Crippen LogP contribution in [-0.4, -0.2) is 31.1 Å². The minimum Gasteiger partial charge on any atom is -0.492 e. The Hall–Kier alpha value is -2.02. The first-order valence-electron chi connectivity index (χ1n) is 5.67. The summed E-state index contributed by atoms with van der Waals surface area (Å²) < 4.78 is 30.0. The van der Waals surface area contributed by atoms with Crippen LogP contribution >= 0.6 is 0 Å². The van der Waals surface area contributed by atoms with Gasteiger partial charge < -0.3 is 10.5 Å². The number of benzene rings is 1. The maximum Gasteiger partial charge on any atom is 0.175 e. The molecule has 0 aliphatic rings. The van der Waals surface area contributed by atoms with Gasteiger partial charge in [-0.1, -0.05) is 6.07 Å². The van der Waals surface area contributed by atoms with Gasteiger partial charge >= 0.3 is 0 Å². The van der Waals surface area contributed by atoms with E-state index in [0.717, 1.165) is 0 Å². The second-order valence-corrected chi connectivity index (χ2v) is 6.11. The summed E-state index contributed by atoms with van der Waals surface area (Å²) in [5.41, 5.74) is 5.49. The van der Waals surface area contributed by atoms with Crippen molar-refractivity contribution >= 4 is 15.7 Å². The minimum atomic E-state index is -3.21.